The quantitative estimate of drug-likeness (QED) is 0.571. The Kier molecular flexibility index (Phi) is 6.12. The third-order valence-corrected chi connectivity index (χ3v) is 5.57. The maximum atomic E-state index is 3.98. The van der Waals surface area contributed by atoms with E-state index in [0.717, 1.165) is 0 Å². The Morgan fingerprint density at radius 3 is 1.15 bits per heavy atom. The van der Waals surface area contributed by atoms with Crippen LogP contribution >= 0.6 is 0 Å². The van der Waals surface area contributed by atoms with Crippen molar-refractivity contribution in [3.63, 3.8) is 0 Å². The van der Waals surface area contributed by atoms with Crippen LogP contribution in [0.1, 0.15) is 20.8 Å². The summed E-state index contributed by atoms with van der Waals surface area (Å²) in [5.74, 6) is 0. The van der Waals surface area contributed by atoms with E-state index in [4.69, 9.17) is 0 Å². The minimum atomic E-state index is -0.569. The number of hydrogen-bond donors (Lipinski definition) is 0. The standard InChI is InChI=1S/3C4H7.Cr/c3*1-4(2)3;/h3*1-2H2,3H3;. The molecule has 0 aliphatic carbocycles. The van der Waals surface area contributed by atoms with E-state index < -0.39 is 14.1 Å². The molecule has 0 aliphatic rings. The molecule has 0 saturated carbocycles. The molecule has 0 amide bonds. The first-order valence-electron chi connectivity index (χ1n) is 4.49. The molecule has 13 heavy (non-hydrogen) atoms. The zero-order valence-corrected chi connectivity index (χ0v) is 10.4. The summed E-state index contributed by atoms with van der Waals surface area (Å²) in [7, 11) is 0. The van der Waals surface area contributed by atoms with Gasteiger partial charge < -0.3 is 0 Å². The van der Waals surface area contributed by atoms with Gasteiger partial charge in [0.2, 0.25) is 0 Å². The summed E-state index contributed by atoms with van der Waals surface area (Å²) < 4.78 is 0. The second-order valence-electron chi connectivity index (χ2n) is 3.92. The summed E-state index contributed by atoms with van der Waals surface area (Å²) in [4.78, 5) is 0. The van der Waals surface area contributed by atoms with Gasteiger partial charge in [0.05, 0.1) is 0 Å². The van der Waals surface area contributed by atoms with Crippen molar-refractivity contribution in [2.24, 2.45) is 0 Å². The van der Waals surface area contributed by atoms with Crippen molar-refractivity contribution in [3.05, 3.63) is 36.5 Å². The summed E-state index contributed by atoms with van der Waals surface area (Å²) in [6.07, 6.45) is 0. The molecule has 0 unspecified atom stereocenters. The summed E-state index contributed by atoms with van der Waals surface area (Å²) in [5.41, 5.74) is 3.94. The van der Waals surface area contributed by atoms with Crippen LogP contribution in [0.2, 0.25) is 15.8 Å². The van der Waals surface area contributed by atoms with E-state index in [2.05, 4.69) is 40.5 Å². The first kappa shape index (κ1) is 12.8. The molecule has 0 heterocycles. The molecule has 0 atom stereocenters. The summed E-state index contributed by atoms with van der Waals surface area (Å²) in [6.45, 7) is 18.3. The molecule has 0 bridgehead atoms. The van der Waals surface area contributed by atoms with Gasteiger partial charge in [0, 0.05) is 0 Å². The van der Waals surface area contributed by atoms with Crippen molar-refractivity contribution in [2.45, 2.75) is 36.6 Å². The molecule has 75 valence electrons. The maximum absolute atomic E-state index is 3.98. The van der Waals surface area contributed by atoms with Gasteiger partial charge in [-0.15, -0.1) is 0 Å². The first-order chi connectivity index (χ1) is 5.91. The van der Waals surface area contributed by atoms with Crippen LogP contribution < -0.4 is 0 Å². The summed E-state index contributed by atoms with van der Waals surface area (Å²) in [5, 5.41) is 3.67. The Morgan fingerprint density at radius 1 is 0.769 bits per heavy atom. The second-order valence-corrected chi connectivity index (χ2v) is 7.18. The number of rotatable bonds is 6. The molecule has 0 spiro atoms. The molecule has 0 N–H and O–H groups in total. The third kappa shape index (κ3) is 8.09. The van der Waals surface area contributed by atoms with E-state index in [-0.39, 0.29) is 0 Å². The van der Waals surface area contributed by atoms with E-state index in [0.29, 0.717) is 0 Å². The molecule has 0 rings (SSSR count). The first-order valence-corrected chi connectivity index (χ1v) is 7.19. The topological polar surface area (TPSA) is 0 Å². The van der Waals surface area contributed by atoms with Gasteiger partial charge in [-0.2, -0.15) is 0 Å². The molecule has 0 aliphatic heterocycles. The molecule has 0 aromatic rings. The van der Waals surface area contributed by atoms with Crippen LogP contribution in [0.4, 0.5) is 0 Å². The summed E-state index contributed by atoms with van der Waals surface area (Å²) >= 11 is -0.569. The Morgan fingerprint density at radius 2 is 1.00 bits per heavy atom. The number of hydrogen-bond acceptors (Lipinski definition) is 0. The van der Waals surface area contributed by atoms with Crippen molar-refractivity contribution in [1.82, 2.24) is 0 Å². The molecule has 0 saturated heterocycles. The van der Waals surface area contributed by atoms with Gasteiger partial charge in [-0.05, 0) is 0 Å². The van der Waals surface area contributed by atoms with Gasteiger partial charge in [-0.25, -0.2) is 0 Å². The SMILES string of the molecule is C=C(C)[CH2][Cr]([CH2]C(=C)C)[CH2]C(=C)C. The third-order valence-electron chi connectivity index (χ3n) is 1.35. The Bertz CT molecular complexity index is 175. The molecule has 0 aromatic heterocycles. The molecule has 0 radical (unpaired) electrons. The molecule has 0 aromatic carbocycles. The predicted octanol–water partition coefficient (Wildman–Crippen LogP) is 4.59. The van der Waals surface area contributed by atoms with Crippen LogP contribution in [-0.4, -0.2) is 0 Å². The monoisotopic (exact) mass is 217 g/mol. The van der Waals surface area contributed by atoms with Crippen molar-refractivity contribution < 1.29 is 14.1 Å². The van der Waals surface area contributed by atoms with Gasteiger partial charge in [-0.1, -0.05) is 0 Å². The van der Waals surface area contributed by atoms with E-state index >= 15 is 0 Å². The predicted molar refractivity (Wildman–Crippen MR) is 58.9 cm³/mol. The van der Waals surface area contributed by atoms with Gasteiger partial charge in [0.1, 0.15) is 0 Å². The van der Waals surface area contributed by atoms with Crippen LogP contribution in [0.5, 0.6) is 0 Å². The van der Waals surface area contributed by atoms with E-state index in [9.17, 15) is 0 Å². The Hall–Kier alpha value is -0.248. The molecular weight excluding hydrogens is 196 g/mol. The van der Waals surface area contributed by atoms with E-state index in [1.165, 1.54) is 32.6 Å². The van der Waals surface area contributed by atoms with Crippen molar-refractivity contribution in [2.75, 3.05) is 0 Å². The Balaban J connectivity index is 4.10. The van der Waals surface area contributed by atoms with E-state index in [1.807, 2.05) is 0 Å². The van der Waals surface area contributed by atoms with Crippen LogP contribution in [0.25, 0.3) is 0 Å². The molecule has 0 fully saturated rings. The minimum absolute atomic E-state index is 0.569. The van der Waals surface area contributed by atoms with Crippen molar-refractivity contribution in [3.8, 4) is 0 Å². The van der Waals surface area contributed by atoms with Gasteiger partial charge in [0.25, 0.3) is 0 Å². The number of allylic oxidation sites excluding steroid dienone is 3. The zero-order valence-electron chi connectivity index (χ0n) is 9.15. The molecular formula is C12H21Cr. The molecule has 1 heteroatoms. The van der Waals surface area contributed by atoms with Gasteiger partial charge >= 0.3 is 87.2 Å². The van der Waals surface area contributed by atoms with Crippen LogP contribution in [0, 0.1) is 0 Å². The Labute approximate surface area is 87.4 Å². The fourth-order valence-corrected chi connectivity index (χ4v) is 4.94. The fraction of sp³-hybridized carbons (Fsp3) is 0.500. The molecule has 0 nitrogen and oxygen atoms in total. The summed E-state index contributed by atoms with van der Waals surface area (Å²) in [6, 6.07) is 0. The zero-order chi connectivity index (χ0) is 10.4. The van der Waals surface area contributed by atoms with Crippen molar-refractivity contribution >= 4 is 0 Å². The average Bonchev–Trinajstić information content (AvgIpc) is 1.80. The van der Waals surface area contributed by atoms with Crippen molar-refractivity contribution in [1.29, 1.82) is 0 Å². The normalized spacial score (nSPS) is 10.2. The second kappa shape index (κ2) is 6.24. The fourth-order valence-electron chi connectivity index (χ4n) is 1.20. The van der Waals surface area contributed by atoms with Crippen LogP contribution in [-0.2, 0) is 14.1 Å². The van der Waals surface area contributed by atoms with Crippen LogP contribution in [0.15, 0.2) is 36.5 Å². The van der Waals surface area contributed by atoms with Gasteiger partial charge in [-0.3, -0.25) is 0 Å². The average molecular weight is 217 g/mol. The van der Waals surface area contributed by atoms with Crippen LogP contribution in [0.3, 0.4) is 0 Å². The van der Waals surface area contributed by atoms with Gasteiger partial charge in [0.15, 0.2) is 0 Å². The van der Waals surface area contributed by atoms with E-state index in [1.54, 1.807) is 0 Å².